The minimum atomic E-state index is -3.31. The van der Waals surface area contributed by atoms with Gasteiger partial charge >= 0.3 is 0 Å². The summed E-state index contributed by atoms with van der Waals surface area (Å²) in [4.78, 5) is 0.550. The van der Waals surface area contributed by atoms with Gasteiger partial charge < -0.3 is 0 Å². The summed E-state index contributed by atoms with van der Waals surface area (Å²) in [6.07, 6.45) is 4.57. The first-order valence-corrected chi connectivity index (χ1v) is 8.55. The van der Waals surface area contributed by atoms with E-state index >= 15 is 0 Å². The van der Waals surface area contributed by atoms with Crippen molar-refractivity contribution >= 4 is 26.1 Å². The van der Waals surface area contributed by atoms with Crippen LogP contribution in [0.3, 0.4) is 0 Å². The minimum Gasteiger partial charge on any atom is -0.202 e. The van der Waals surface area contributed by atoms with Crippen LogP contribution in [0.4, 0.5) is 0 Å². The van der Waals surface area contributed by atoms with Gasteiger partial charge in [0, 0.05) is 24.5 Å². The molecule has 0 saturated heterocycles. The van der Waals surface area contributed by atoms with E-state index in [9.17, 15) is 8.42 Å². The molecule has 4 nitrogen and oxygen atoms in total. The highest BCUT2D eigenvalue weighted by atomic mass is 79.9. The van der Waals surface area contributed by atoms with Gasteiger partial charge in [-0.2, -0.15) is 12.7 Å². The molecule has 0 aromatic rings. The lowest BCUT2D eigenvalue weighted by molar-refractivity contribution is 0.356. The Hall–Kier alpha value is 0.350. The lowest BCUT2D eigenvalue weighted by Gasteiger charge is -2.27. The molecule has 6 heteroatoms. The predicted molar refractivity (Wildman–Crippen MR) is 74.5 cm³/mol. The molecule has 1 aliphatic rings. The average Bonchev–Trinajstić information content (AvgIpc) is 2.25. The first-order valence-electron chi connectivity index (χ1n) is 6.19. The van der Waals surface area contributed by atoms with Crippen LogP contribution in [0, 0.1) is 5.92 Å². The molecule has 1 N–H and O–H groups in total. The number of hydrogen-bond acceptors (Lipinski definition) is 2. The Labute approximate surface area is 113 Å². The third-order valence-electron chi connectivity index (χ3n) is 3.38. The molecule has 1 fully saturated rings. The Kier molecular flexibility index (Phi) is 5.89. The second-order valence-electron chi connectivity index (χ2n) is 5.09. The van der Waals surface area contributed by atoms with Crippen LogP contribution in [0.15, 0.2) is 0 Å². The van der Waals surface area contributed by atoms with Crippen LogP contribution in [0.25, 0.3) is 0 Å². The van der Waals surface area contributed by atoms with E-state index in [2.05, 4.69) is 20.7 Å². The number of rotatable bonds is 5. The lowest BCUT2D eigenvalue weighted by atomic mass is 9.89. The highest BCUT2D eigenvalue weighted by Crippen LogP contribution is 2.28. The fraction of sp³-hybridized carbons (Fsp3) is 1.00. The summed E-state index contributed by atoms with van der Waals surface area (Å²) in [5.41, 5.74) is 0. The van der Waals surface area contributed by atoms with E-state index < -0.39 is 10.2 Å². The number of nitrogens with zero attached hydrogens (tertiary/aromatic N) is 1. The van der Waals surface area contributed by atoms with Crippen molar-refractivity contribution < 1.29 is 8.42 Å². The molecule has 0 spiro atoms. The molecule has 0 aromatic heterocycles. The normalized spacial score (nSPS) is 26.7. The lowest BCUT2D eigenvalue weighted by Crippen LogP contribution is -2.44. The van der Waals surface area contributed by atoms with Crippen molar-refractivity contribution in [2.75, 3.05) is 13.6 Å². The monoisotopic (exact) mass is 326 g/mol. The summed E-state index contributed by atoms with van der Waals surface area (Å²) >= 11 is 3.61. The van der Waals surface area contributed by atoms with Gasteiger partial charge in [-0.3, -0.25) is 0 Å². The quantitative estimate of drug-likeness (QED) is 0.787. The predicted octanol–water partition coefficient (Wildman–Crippen LogP) is 2.11. The van der Waals surface area contributed by atoms with Crippen molar-refractivity contribution in [3.63, 3.8) is 0 Å². The molecule has 0 aromatic carbocycles. The molecule has 0 aliphatic heterocycles. The smallest absolute Gasteiger partial charge is 0.202 e. The zero-order valence-electron chi connectivity index (χ0n) is 10.8. The molecule has 1 rings (SSSR count). The summed E-state index contributed by atoms with van der Waals surface area (Å²) in [5.74, 6) is 0.462. The zero-order chi connectivity index (χ0) is 13.1. The van der Waals surface area contributed by atoms with Crippen LogP contribution >= 0.6 is 15.9 Å². The topological polar surface area (TPSA) is 49.4 Å². The summed E-state index contributed by atoms with van der Waals surface area (Å²) < 4.78 is 27.9. The summed E-state index contributed by atoms with van der Waals surface area (Å²) in [5, 5.41) is 0. The number of halogens is 1. The van der Waals surface area contributed by atoms with E-state index in [4.69, 9.17) is 0 Å². The standard InChI is InChI=1S/C11H23BrN2O2S/c1-9(2)14(3)17(15,16)13-8-10-5-4-6-11(12)7-10/h9-11,13H,4-8H2,1-3H3. The second-order valence-corrected chi connectivity index (χ2v) is 8.20. The Balaban J connectivity index is 2.44. The first-order chi connectivity index (χ1) is 7.83. The third kappa shape index (κ3) is 4.85. The maximum absolute atomic E-state index is 11.9. The molecule has 17 heavy (non-hydrogen) atoms. The highest BCUT2D eigenvalue weighted by molar-refractivity contribution is 9.09. The number of nitrogens with one attached hydrogen (secondary N) is 1. The molecular formula is C11H23BrN2O2S. The number of hydrogen-bond donors (Lipinski definition) is 1. The van der Waals surface area contributed by atoms with Crippen molar-refractivity contribution in [1.82, 2.24) is 9.03 Å². The molecule has 0 amide bonds. The van der Waals surface area contributed by atoms with Gasteiger partial charge in [0.15, 0.2) is 0 Å². The van der Waals surface area contributed by atoms with Gasteiger partial charge in [-0.25, -0.2) is 4.72 Å². The molecule has 1 saturated carbocycles. The molecule has 0 heterocycles. The van der Waals surface area contributed by atoms with Crippen LogP contribution in [-0.2, 0) is 10.2 Å². The maximum Gasteiger partial charge on any atom is 0.279 e. The van der Waals surface area contributed by atoms with Gasteiger partial charge in [0.1, 0.15) is 0 Å². The SMILES string of the molecule is CC(C)N(C)S(=O)(=O)NCC1CCCC(Br)C1. The number of alkyl halides is 1. The summed E-state index contributed by atoms with van der Waals surface area (Å²) in [6.45, 7) is 4.30. The van der Waals surface area contributed by atoms with E-state index in [1.54, 1.807) is 7.05 Å². The van der Waals surface area contributed by atoms with Crippen molar-refractivity contribution in [3.05, 3.63) is 0 Å². The molecule has 0 radical (unpaired) electrons. The first kappa shape index (κ1) is 15.4. The van der Waals surface area contributed by atoms with Gasteiger partial charge in [0.2, 0.25) is 0 Å². The fourth-order valence-electron chi connectivity index (χ4n) is 2.01. The second kappa shape index (κ2) is 6.50. The van der Waals surface area contributed by atoms with Gasteiger partial charge in [-0.1, -0.05) is 22.4 Å². The molecular weight excluding hydrogens is 304 g/mol. The van der Waals surface area contributed by atoms with Crippen molar-refractivity contribution in [2.45, 2.75) is 50.4 Å². The van der Waals surface area contributed by atoms with Crippen LogP contribution in [0.5, 0.6) is 0 Å². The van der Waals surface area contributed by atoms with Crippen molar-refractivity contribution in [2.24, 2.45) is 5.92 Å². The van der Waals surface area contributed by atoms with Crippen LogP contribution in [0.2, 0.25) is 0 Å². The Morgan fingerprint density at radius 3 is 2.59 bits per heavy atom. The summed E-state index contributed by atoms with van der Waals surface area (Å²) in [6, 6.07) is -0.0113. The maximum atomic E-state index is 11.9. The van der Waals surface area contributed by atoms with E-state index in [0.29, 0.717) is 17.3 Å². The highest BCUT2D eigenvalue weighted by Gasteiger charge is 2.24. The summed E-state index contributed by atoms with van der Waals surface area (Å²) in [7, 11) is -1.70. The van der Waals surface area contributed by atoms with Gasteiger partial charge in [-0.15, -0.1) is 0 Å². The van der Waals surface area contributed by atoms with E-state index in [0.717, 1.165) is 12.8 Å². The fourth-order valence-corrected chi connectivity index (χ4v) is 4.07. The molecule has 0 bridgehead atoms. The zero-order valence-corrected chi connectivity index (χ0v) is 13.2. The van der Waals surface area contributed by atoms with Gasteiger partial charge in [-0.05, 0) is 39.0 Å². The third-order valence-corrected chi connectivity index (χ3v) is 5.92. The molecule has 2 unspecified atom stereocenters. The Morgan fingerprint density at radius 2 is 2.06 bits per heavy atom. The van der Waals surface area contributed by atoms with Crippen LogP contribution in [0.1, 0.15) is 39.5 Å². The average molecular weight is 327 g/mol. The van der Waals surface area contributed by atoms with Crippen molar-refractivity contribution in [3.8, 4) is 0 Å². The molecule has 1 aliphatic carbocycles. The van der Waals surface area contributed by atoms with Gasteiger partial charge in [0.05, 0.1) is 0 Å². The Morgan fingerprint density at radius 1 is 1.41 bits per heavy atom. The van der Waals surface area contributed by atoms with Crippen LogP contribution < -0.4 is 4.72 Å². The Bertz CT molecular complexity index is 332. The molecule has 102 valence electrons. The minimum absolute atomic E-state index is 0.0113. The van der Waals surface area contributed by atoms with Crippen molar-refractivity contribution in [1.29, 1.82) is 0 Å². The largest absolute Gasteiger partial charge is 0.279 e. The van der Waals surface area contributed by atoms with E-state index in [1.165, 1.54) is 17.1 Å². The van der Waals surface area contributed by atoms with E-state index in [-0.39, 0.29) is 6.04 Å². The van der Waals surface area contributed by atoms with Crippen LogP contribution in [-0.4, -0.2) is 37.2 Å². The molecule has 2 atom stereocenters. The van der Waals surface area contributed by atoms with E-state index in [1.807, 2.05) is 13.8 Å². The van der Waals surface area contributed by atoms with Gasteiger partial charge in [0.25, 0.3) is 10.2 Å².